The van der Waals surface area contributed by atoms with Crippen LogP contribution in [0.4, 0.5) is 0 Å². The zero-order valence-electron chi connectivity index (χ0n) is 14.2. The Bertz CT molecular complexity index is 482. The molecule has 0 aromatic heterocycles. The summed E-state index contributed by atoms with van der Waals surface area (Å²) in [5.74, 6) is 0.904. The van der Waals surface area contributed by atoms with Crippen molar-refractivity contribution in [2.45, 2.75) is 13.0 Å². The molecule has 0 saturated carbocycles. The molecular weight excluding hydrogens is 292 g/mol. The van der Waals surface area contributed by atoms with E-state index in [1.54, 1.807) is 7.11 Å². The van der Waals surface area contributed by atoms with Gasteiger partial charge in [0.05, 0.1) is 33.5 Å². The lowest BCUT2D eigenvalue weighted by Crippen LogP contribution is -2.49. The van der Waals surface area contributed by atoms with Crippen molar-refractivity contribution in [2.24, 2.45) is 5.41 Å². The van der Waals surface area contributed by atoms with Gasteiger partial charge in [0.25, 0.3) is 0 Å². The smallest absolute Gasteiger partial charge is 0.118 e. The van der Waals surface area contributed by atoms with Crippen molar-refractivity contribution in [2.75, 3.05) is 59.7 Å². The Morgan fingerprint density at radius 1 is 1.17 bits per heavy atom. The number of methoxy groups -OCH3 is 1. The number of ether oxygens (including phenoxy) is 3. The fourth-order valence-electron chi connectivity index (χ4n) is 3.24. The van der Waals surface area contributed by atoms with Gasteiger partial charge in [0.2, 0.25) is 0 Å². The molecule has 0 bridgehead atoms. The van der Waals surface area contributed by atoms with Crippen LogP contribution in [0.25, 0.3) is 0 Å². The summed E-state index contributed by atoms with van der Waals surface area (Å²) in [6, 6.07) is 8.81. The summed E-state index contributed by atoms with van der Waals surface area (Å²) in [7, 11) is 1.71. The van der Waals surface area contributed by atoms with E-state index in [0.29, 0.717) is 11.5 Å². The van der Waals surface area contributed by atoms with Crippen LogP contribution in [0.5, 0.6) is 5.75 Å². The predicted molar refractivity (Wildman–Crippen MR) is 89.9 cm³/mol. The van der Waals surface area contributed by atoms with E-state index >= 15 is 0 Å². The highest BCUT2D eigenvalue weighted by atomic mass is 16.5. The molecular formula is C18H28N2O3. The Morgan fingerprint density at radius 2 is 1.87 bits per heavy atom. The zero-order chi connectivity index (χ0) is 16.1. The molecule has 2 aliphatic rings. The lowest BCUT2D eigenvalue weighted by molar-refractivity contribution is -0.0996. The van der Waals surface area contributed by atoms with Gasteiger partial charge in [0.15, 0.2) is 0 Å². The lowest BCUT2D eigenvalue weighted by atomic mass is 9.88. The van der Waals surface area contributed by atoms with E-state index < -0.39 is 0 Å². The second kappa shape index (κ2) is 7.62. The third kappa shape index (κ3) is 4.23. The molecule has 2 heterocycles. The highest BCUT2D eigenvalue weighted by molar-refractivity contribution is 5.29. The summed E-state index contributed by atoms with van der Waals surface area (Å²) >= 11 is 0. The Kier molecular flexibility index (Phi) is 5.54. The van der Waals surface area contributed by atoms with Crippen LogP contribution >= 0.6 is 0 Å². The molecule has 1 N–H and O–H groups in total. The molecule has 23 heavy (non-hydrogen) atoms. The fraction of sp³-hybridized carbons (Fsp3) is 0.667. The second-order valence-electron chi connectivity index (χ2n) is 6.87. The molecule has 1 atom stereocenters. The van der Waals surface area contributed by atoms with Crippen LogP contribution < -0.4 is 10.1 Å². The summed E-state index contributed by atoms with van der Waals surface area (Å²) in [5, 5.41) is 3.66. The van der Waals surface area contributed by atoms with Crippen LogP contribution in [0.3, 0.4) is 0 Å². The van der Waals surface area contributed by atoms with E-state index in [-0.39, 0.29) is 0 Å². The van der Waals surface area contributed by atoms with Crippen molar-refractivity contribution in [3.63, 3.8) is 0 Å². The van der Waals surface area contributed by atoms with Crippen LogP contribution in [0.2, 0.25) is 0 Å². The van der Waals surface area contributed by atoms with Crippen LogP contribution in [0.15, 0.2) is 24.3 Å². The van der Waals surface area contributed by atoms with Crippen molar-refractivity contribution in [3.8, 4) is 5.75 Å². The van der Waals surface area contributed by atoms with Crippen molar-refractivity contribution in [1.82, 2.24) is 10.2 Å². The molecule has 128 valence electrons. The minimum absolute atomic E-state index is 0.301. The maximum Gasteiger partial charge on any atom is 0.118 e. The van der Waals surface area contributed by atoms with Crippen molar-refractivity contribution >= 4 is 0 Å². The Labute approximate surface area is 138 Å². The van der Waals surface area contributed by atoms with Crippen LogP contribution in [-0.2, 0) is 9.47 Å². The first-order valence-electron chi connectivity index (χ1n) is 8.44. The van der Waals surface area contributed by atoms with E-state index in [4.69, 9.17) is 14.2 Å². The molecule has 0 spiro atoms. The van der Waals surface area contributed by atoms with Gasteiger partial charge in [-0.2, -0.15) is 0 Å². The average Bonchev–Trinajstić information content (AvgIpc) is 2.58. The number of morpholine rings is 1. The molecule has 1 aromatic carbocycles. The number of nitrogens with one attached hydrogen (secondary N) is 1. The molecule has 5 nitrogen and oxygen atoms in total. The number of nitrogens with zero attached hydrogens (tertiary/aromatic N) is 1. The molecule has 3 rings (SSSR count). The summed E-state index contributed by atoms with van der Waals surface area (Å²) in [6.45, 7) is 9.57. The van der Waals surface area contributed by atoms with Crippen molar-refractivity contribution < 1.29 is 14.2 Å². The number of benzene rings is 1. The van der Waals surface area contributed by atoms with Gasteiger partial charge in [-0.25, -0.2) is 0 Å². The Morgan fingerprint density at radius 3 is 2.43 bits per heavy atom. The van der Waals surface area contributed by atoms with Crippen LogP contribution in [0.1, 0.15) is 18.5 Å². The van der Waals surface area contributed by atoms with Crippen molar-refractivity contribution in [3.05, 3.63) is 29.8 Å². The van der Waals surface area contributed by atoms with Crippen LogP contribution in [0, 0.1) is 5.41 Å². The second-order valence-corrected chi connectivity index (χ2v) is 6.87. The van der Waals surface area contributed by atoms with Gasteiger partial charge in [-0.1, -0.05) is 19.1 Å². The van der Waals surface area contributed by atoms with Gasteiger partial charge in [0, 0.05) is 37.6 Å². The van der Waals surface area contributed by atoms with E-state index in [9.17, 15) is 0 Å². The number of rotatable bonds is 7. The first kappa shape index (κ1) is 16.7. The Hall–Kier alpha value is -1.14. The minimum atomic E-state index is 0.301. The summed E-state index contributed by atoms with van der Waals surface area (Å²) < 4.78 is 16.1. The minimum Gasteiger partial charge on any atom is -0.497 e. The molecule has 1 aromatic rings. The quantitative estimate of drug-likeness (QED) is 0.828. The molecule has 2 aliphatic heterocycles. The molecule has 2 saturated heterocycles. The molecule has 0 radical (unpaired) electrons. The first-order valence-corrected chi connectivity index (χ1v) is 8.44. The van der Waals surface area contributed by atoms with E-state index in [1.165, 1.54) is 5.56 Å². The Balaban J connectivity index is 1.64. The van der Waals surface area contributed by atoms with Crippen molar-refractivity contribution in [1.29, 1.82) is 0 Å². The predicted octanol–water partition coefficient (Wildman–Crippen LogP) is 1.69. The molecule has 0 amide bonds. The van der Waals surface area contributed by atoms with Crippen LogP contribution in [-0.4, -0.2) is 64.6 Å². The first-order chi connectivity index (χ1) is 11.2. The highest BCUT2D eigenvalue weighted by Gasteiger charge is 2.33. The summed E-state index contributed by atoms with van der Waals surface area (Å²) in [6.07, 6.45) is 0. The summed E-state index contributed by atoms with van der Waals surface area (Å²) in [5.41, 5.74) is 1.63. The standard InChI is InChI=1S/C18H28N2O3/c1-18(13-23-14-18)12-19-11-17(20-7-9-22-10-8-20)15-3-5-16(21-2)6-4-15/h3-6,17,19H,7-14H2,1-2H3/t17-/m1/s1. The highest BCUT2D eigenvalue weighted by Crippen LogP contribution is 2.27. The summed E-state index contributed by atoms with van der Waals surface area (Å²) in [4.78, 5) is 2.51. The maximum atomic E-state index is 5.51. The van der Waals surface area contributed by atoms with E-state index in [0.717, 1.165) is 58.4 Å². The van der Waals surface area contributed by atoms with E-state index in [2.05, 4.69) is 29.3 Å². The topological polar surface area (TPSA) is 43.0 Å². The lowest BCUT2D eigenvalue weighted by Gasteiger charge is -2.40. The average molecular weight is 320 g/mol. The zero-order valence-corrected chi connectivity index (χ0v) is 14.2. The molecule has 0 aliphatic carbocycles. The third-order valence-electron chi connectivity index (χ3n) is 4.78. The van der Waals surface area contributed by atoms with Gasteiger partial charge >= 0.3 is 0 Å². The molecule has 0 unspecified atom stereocenters. The van der Waals surface area contributed by atoms with Gasteiger partial charge in [-0.3, -0.25) is 4.90 Å². The third-order valence-corrected chi connectivity index (χ3v) is 4.78. The molecule has 2 fully saturated rings. The van der Waals surface area contributed by atoms with Gasteiger partial charge < -0.3 is 19.5 Å². The fourth-order valence-corrected chi connectivity index (χ4v) is 3.24. The van der Waals surface area contributed by atoms with E-state index in [1.807, 2.05) is 12.1 Å². The SMILES string of the molecule is COc1ccc([C@@H](CNCC2(C)COC2)N2CCOCC2)cc1. The number of hydrogen-bond donors (Lipinski definition) is 1. The number of hydrogen-bond acceptors (Lipinski definition) is 5. The largest absolute Gasteiger partial charge is 0.497 e. The van der Waals surface area contributed by atoms with Gasteiger partial charge in [-0.15, -0.1) is 0 Å². The van der Waals surface area contributed by atoms with Gasteiger partial charge in [-0.05, 0) is 17.7 Å². The monoisotopic (exact) mass is 320 g/mol. The van der Waals surface area contributed by atoms with Gasteiger partial charge in [0.1, 0.15) is 5.75 Å². The molecule has 5 heteroatoms. The maximum absolute atomic E-state index is 5.51. The normalized spacial score (nSPS) is 22.3.